The Hall–Kier alpha value is -4.64. The summed E-state index contributed by atoms with van der Waals surface area (Å²) in [6, 6.07) is 24.0. The molecule has 186 valence electrons. The summed E-state index contributed by atoms with van der Waals surface area (Å²) in [5.41, 5.74) is 12.0. The summed E-state index contributed by atoms with van der Waals surface area (Å²) in [5, 5.41) is 16.9. The van der Waals surface area contributed by atoms with Gasteiger partial charge in [0.25, 0.3) is 5.91 Å². The van der Waals surface area contributed by atoms with Gasteiger partial charge in [0.05, 0.1) is 11.4 Å². The third kappa shape index (κ3) is 5.16. The van der Waals surface area contributed by atoms with Crippen LogP contribution in [0, 0.1) is 17.1 Å². The molecule has 5 rings (SSSR count). The topological polar surface area (TPSA) is 100.0 Å². The lowest BCUT2D eigenvalue weighted by atomic mass is 9.99. The first-order valence-electron chi connectivity index (χ1n) is 12.3. The summed E-state index contributed by atoms with van der Waals surface area (Å²) >= 11 is 0. The van der Waals surface area contributed by atoms with Gasteiger partial charge in [0.2, 0.25) is 0 Å². The van der Waals surface area contributed by atoms with Crippen molar-refractivity contribution < 1.29 is 9.18 Å². The quantitative estimate of drug-likeness (QED) is 0.371. The van der Waals surface area contributed by atoms with Crippen molar-refractivity contribution in [3.8, 4) is 11.8 Å². The number of carbonyl (C=O) groups is 1. The highest BCUT2D eigenvalue weighted by atomic mass is 19.1. The van der Waals surface area contributed by atoms with E-state index in [4.69, 9.17) is 5.73 Å². The van der Waals surface area contributed by atoms with E-state index < -0.39 is 0 Å². The first-order chi connectivity index (χ1) is 18.0. The van der Waals surface area contributed by atoms with Gasteiger partial charge < -0.3 is 16.0 Å². The molecular weight excluding hydrogens is 467 g/mol. The second-order valence-corrected chi connectivity index (χ2v) is 9.05. The highest BCUT2D eigenvalue weighted by Crippen LogP contribution is 2.25. The molecule has 37 heavy (non-hydrogen) atoms. The van der Waals surface area contributed by atoms with Gasteiger partial charge in [0, 0.05) is 30.9 Å². The molecule has 0 saturated carbocycles. The number of hydrogen-bond acceptors (Lipinski definition) is 5. The Morgan fingerprint density at radius 1 is 1.03 bits per heavy atom. The van der Waals surface area contributed by atoms with Crippen molar-refractivity contribution in [2.75, 3.05) is 23.7 Å². The molecule has 0 saturated heterocycles. The molecule has 0 aliphatic carbocycles. The van der Waals surface area contributed by atoms with E-state index in [1.165, 1.54) is 27.9 Å². The first-order valence-corrected chi connectivity index (χ1v) is 12.3. The predicted octanol–water partition coefficient (Wildman–Crippen LogP) is 4.39. The maximum atomic E-state index is 13.3. The molecule has 1 amide bonds. The molecule has 1 aliphatic heterocycles. The van der Waals surface area contributed by atoms with Crippen molar-refractivity contribution in [2.45, 2.75) is 25.8 Å². The molecule has 1 aliphatic rings. The average Bonchev–Trinajstić information content (AvgIpc) is 3.26. The first kappa shape index (κ1) is 24.1. The van der Waals surface area contributed by atoms with E-state index in [-0.39, 0.29) is 17.5 Å². The summed E-state index contributed by atoms with van der Waals surface area (Å²) < 4.78 is 14.7. The highest BCUT2D eigenvalue weighted by Gasteiger charge is 2.18. The van der Waals surface area contributed by atoms with Gasteiger partial charge in [0.1, 0.15) is 23.3 Å². The van der Waals surface area contributed by atoms with Crippen LogP contribution >= 0.6 is 0 Å². The average molecular weight is 495 g/mol. The van der Waals surface area contributed by atoms with E-state index in [0.717, 1.165) is 25.2 Å². The SMILES string of the molecule is N#Cc1c(CCCNC(=O)c2ccc(N3CCc4ccccc4C3)cc2)nn(-c2ccc(F)cc2)c1N. The number of carbonyl (C=O) groups excluding carboxylic acids is 1. The second-order valence-electron chi connectivity index (χ2n) is 9.05. The zero-order valence-corrected chi connectivity index (χ0v) is 20.3. The van der Waals surface area contributed by atoms with Crippen molar-refractivity contribution in [3.05, 3.63) is 107 Å². The molecule has 0 unspecified atom stereocenters. The molecule has 0 fully saturated rings. The monoisotopic (exact) mass is 494 g/mol. The smallest absolute Gasteiger partial charge is 0.251 e. The van der Waals surface area contributed by atoms with Crippen molar-refractivity contribution in [2.24, 2.45) is 0 Å². The van der Waals surface area contributed by atoms with Crippen molar-refractivity contribution >= 4 is 17.4 Å². The van der Waals surface area contributed by atoms with Gasteiger partial charge in [-0.05, 0) is 78.9 Å². The van der Waals surface area contributed by atoms with Gasteiger partial charge in [0.15, 0.2) is 0 Å². The highest BCUT2D eigenvalue weighted by molar-refractivity contribution is 5.94. The number of nitriles is 1. The van der Waals surface area contributed by atoms with Crippen LogP contribution in [0.15, 0.2) is 72.8 Å². The van der Waals surface area contributed by atoms with Gasteiger partial charge >= 0.3 is 0 Å². The maximum absolute atomic E-state index is 13.3. The summed E-state index contributed by atoms with van der Waals surface area (Å²) in [7, 11) is 0. The van der Waals surface area contributed by atoms with Gasteiger partial charge in [-0.15, -0.1) is 0 Å². The molecule has 3 aromatic carbocycles. The standard InChI is InChI=1S/C29H27FN6O/c30-23-9-13-25(14-10-23)36-28(32)26(18-31)27(34-36)6-3-16-33-29(37)21-7-11-24(12-8-21)35-17-15-20-4-1-2-5-22(20)19-35/h1-2,4-5,7-14H,3,6,15-17,19,32H2,(H,33,37). The number of nitrogens with two attached hydrogens (primary N) is 1. The fourth-order valence-corrected chi connectivity index (χ4v) is 4.65. The molecule has 0 radical (unpaired) electrons. The van der Waals surface area contributed by atoms with Crippen LogP contribution in [0.4, 0.5) is 15.9 Å². The lowest BCUT2D eigenvalue weighted by Gasteiger charge is -2.30. The molecule has 4 aromatic rings. The van der Waals surface area contributed by atoms with Crippen LogP contribution in [0.3, 0.4) is 0 Å². The van der Waals surface area contributed by atoms with Crippen LogP contribution in [0.25, 0.3) is 5.69 Å². The Balaban J connectivity index is 1.15. The number of amides is 1. The van der Waals surface area contributed by atoms with E-state index in [1.54, 1.807) is 12.1 Å². The number of rotatable bonds is 7. The number of anilines is 2. The van der Waals surface area contributed by atoms with E-state index in [1.807, 2.05) is 24.3 Å². The zero-order chi connectivity index (χ0) is 25.8. The minimum absolute atomic E-state index is 0.146. The lowest BCUT2D eigenvalue weighted by molar-refractivity contribution is 0.0953. The van der Waals surface area contributed by atoms with Crippen LogP contribution in [0.1, 0.15) is 39.2 Å². The van der Waals surface area contributed by atoms with Crippen LogP contribution in [-0.4, -0.2) is 28.8 Å². The minimum Gasteiger partial charge on any atom is -0.382 e. The Kier molecular flexibility index (Phi) is 6.86. The Morgan fingerprint density at radius 3 is 2.46 bits per heavy atom. The normalized spacial score (nSPS) is 12.6. The summed E-state index contributed by atoms with van der Waals surface area (Å²) in [4.78, 5) is 15.0. The number of nitrogen functional groups attached to an aromatic ring is 1. The third-order valence-electron chi connectivity index (χ3n) is 6.68. The number of benzene rings is 3. The van der Waals surface area contributed by atoms with Crippen molar-refractivity contribution in [1.82, 2.24) is 15.1 Å². The van der Waals surface area contributed by atoms with E-state index in [9.17, 15) is 14.4 Å². The van der Waals surface area contributed by atoms with E-state index in [0.29, 0.717) is 41.9 Å². The summed E-state index contributed by atoms with van der Waals surface area (Å²) in [6.45, 7) is 2.25. The van der Waals surface area contributed by atoms with Crippen molar-refractivity contribution in [1.29, 1.82) is 5.26 Å². The lowest BCUT2D eigenvalue weighted by Crippen LogP contribution is -2.30. The second kappa shape index (κ2) is 10.5. The number of nitrogens with one attached hydrogen (secondary N) is 1. The van der Waals surface area contributed by atoms with Gasteiger partial charge in [-0.1, -0.05) is 24.3 Å². The van der Waals surface area contributed by atoms with Crippen LogP contribution in [0.5, 0.6) is 0 Å². The molecule has 8 heteroatoms. The Bertz CT molecular complexity index is 1450. The van der Waals surface area contributed by atoms with Gasteiger partial charge in [-0.25, -0.2) is 9.07 Å². The largest absolute Gasteiger partial charge is 0.382 e. The minimum atomic E-state index is -0.363. The van der Waals surface area contributed by atoms with Crippen molar-refractivity contribution in [3.63, 3.8) is 0 Å². The molecule has 0 bridgehead atoms. The molecule has 7 nitrogen and oxygen atoms in total. The summed E-state index contributed by atoms with van der Waals surface area (Å²) in [6.07, 6.45) is 2.07. The van der Waals surface area contributed by atoms with Gasteiger partial charge in [-0.2, -0.15) is 10.4 Å². The Morgan fingerprint density at radius 2 is 1.73 bits per heavy atom. The molecule has 1 aromatic heterocycles. The molecule has 3 N–H and O–H groups in total. The predicted molar refractivity (Wildman–Crippen MR) is 141 cm³/mol. The molecular formula is C29H27FN6O. The van der Waals surface area contributed by atoms with Crippen LogP contribution < -0.4 is 16.0 Å². The summed E-state index contributed by atoms with van der Waals surface area (Å²) in [5.74, 6) is -0.296. The number of nitrogens with zero attached hydrogens (tertiary/aromatic N) is 4. The fourth-order valence-electron chi connectivity index (χ4n) is 4.65. The zero-order valence-electron chi connectivity index (χ0n) is 20.3. The maximum Gasteiger partial charge on any atom is 0.251 e. The van der Waals surface area contributed by atoms with E-state index in [2.05, 4.69) is 45.7 Å². The number of halogens is 1. The van der Waals surface area contributed by atoms with Crippen LogP contribution in [-0.2, 0) is 19.4 Å². The van der Waals surface area contributed by atoms with Gasteiger partial charge in [-0.3, -0.25) is 4.79 Å². The van der Waals surface area contributed by atoms with Crippen LogP contribution in [0.2, 0.25) is 0 Å². The number of aryl methyl sites for hydroxylation is 1. The fraction of sp³-hybridized carbons (Fsp3) is 0.207. The third-order valence-corrected chi connectivity index (χ3v) is 6.68. The number of hydrogen-bond donors (Lipinski definition) is 2. The molecule has 0 atom stereocenters. The molecule has 2 heterocycles. The van der Waals surface area contributed by atoms with E-state index >= 15 is 0 Å². The number of fused-ring (bicyclic) bond motifs is 1. The molecule has 0 spiro atoms. The number of aromatic nitrogens is 2. The Labute approximate surface area is 214 Å².